The normalized spacial score (nSPS) is 11.0. The van der Waals surface area contributed by atoms with Crippen molar-refractivity contribution in [3.63, 3.8) is 0 Å². The van der Waals surface area contributed by atoms with Crippen molar-refractivity contribution in [3.8, 4) is 5.75 Å². The number of halogens is 2. The monoisotopic (exact) mass is 327 g/mol. The number of hydrogen-bond donors (Lipinski definition) is 1. The number of nitrogen functional groups attached to an aromatic ring is 1. The van der Waals surface area contributed by atoms with Gasteiger partial charge < -0.3 is 10.5 Å². The lowest BCUT2D eigenvalue weighted by Crippen LogP contribution is -2.14. The molecular weight excluding hydrogens is 313 g/mol. The minimum absolute atomic E-state index is 0.00701. The summed E-state index contributed by atoms with van der Waals surface area (Å²) >= 11 is 12.0. The summed E-state index contributed by atoms with van der Waals surface area (Å²) in [4.78, 5) is 12.7. The van der Waals surface area contributed by atoms with Gasteiger partial charge in [-0.15, -0.1) is 0 Å². The van der Waals surface area contributed by atoms with Gasteiger partial charge >= 0.3 is 0 Å². The third-order valence-corrected chi connectivity index (χ3v) is 3.65. The minimum Gasteiger partial charge on any atom is -0.493 e. The van der Waals surface area contributed by atoms with Crippen molar-refractivity contribution in [2.45, 2.75) is 19.9 Å². The molecule has 5 nitrogen and oxygen atoms in total. The Morgan fingerprint density at radius 1 is 1.33 bits per heavy atom. The molecule has 7 heteroatoms. The molecule has 1 heterocycles. The molecule has 2 aromatic rings. The molecule has 0 aliphatic carbocycles. The van der Waals surface area contributed by atoms with Crippen LogP contribution in [0.2, 0.25) is 10.0 Å². The molecule has 0 radical (unpaired) electrons. The standard InChI is InChI=1S/C14H15Cl2N3O2/c1-7(2)19-13(11(21-3)6-18-19)14(20)8-4-9(15)12(17)10(16)5-8/h4-7H,17H2,1-3H3. The molecule has 0 aliphatic heterocycles. The molecule has 2 N–H and O–H groups in total. The first-order chi connectivity index (χ1) is 9.86. The van der Waals surface area contributed by atoms with E-state index in [-0.39, 0.29) is 27.6 Å². The van der Waals surface area contributed by atoms with Gasteiger partial charge in [0.2, 0.25) is 5.78 Å². The summed E-state index contributed by atoms with van der Waals surface area (Å²) in [6.07, 6.45) is 1.51. The van der Waals surface area contributed by atoms with E-state index >= 15 is 0 Å². The maximum Gasteiger partial charge on any atom is 0.214 e. The SMILES string of the molecule is COc1cnn(C(C)C)c1C(=O)c1cc(Cl)c(N)c(Cl)c1. The van der Waals surface area contributed by atoms with Gasteiger partial charge in [-0.25, -0.2) is 0 Å². The van der Waals surface area contributed by atoms with Gasteiger partial charge in [-0.05, 0) is 26.0 Å². The van der Waals surface area contributed by atoms with Gasteiger partial charge in [0, 0.05) is 11.6 Å². The molecule has 112 valence electrons. The number of hydrogen-bond acceptors (Lipinski definition) is 4. The van der Waals surface area contributed by atoms with Crippen LogP contribution in [0.25, 0.3) is 0 Å². The van der Waals surface area contributed by atoms with Crippen LogP contribution < -0.4 is 10.5 Å². The lowest BCUT2D eigenvalue weighted by molar-refractivity contribution is 0.102. The van der Waals surface area contributed by atoms with Crippen LogP contribution in [0.3, 0.4) is 0 Å². The Morgan fingerprint density at radius 2 is 1.90 bits per heavy atom. The first kappa shape index (κ1) is 15.7. The van der Waals surface area contributed by atoms with Gasteiger partial charge in [0.05, 0.1) is 29.0 Å². The first-order valence-corrected chi connectivity index (χ1v) is 7.03. The van der Waals surface area contributed by atoms with E-state index in [1.54, 1.807) is 4.68 Å². The molecule has 0 saturated heterocycles. The van der Waals surface area contributed by atoms with Crippen LogP contribution in [0.15, 0.2) is 18.3 Å². The highest BCUT2D eigenvalue weighted by atomic mass is 35.5. The molecule has 1 aromatic heterocycles. The molecule has 0 bridgehead atoms. The Kier molecular flexibility index (Phi) is 4.44. The van der Waals surface area contributed by atoms with Crippen LogP contribution in [0.4, 0.5) is 5.69 Å². The molecule has 21 heavy (non-hydrogen) atoms. The number of ether oxygens (including phenoxy) is 1. The number of rotatable bonds is 4. The molecule has 1 aromatic carbocycles. The second-order valence-electron chi connectivity index (χ2n) is 4.78. The van der Waals surface area contributed by atoms with Crippen molar-refractivity contribution < 1.29 is 9.53 Å². The third-order valence-electron chi connectivity index (χ3n) is 3.03. The Hall–Kier alpha value is -1.72. The lowest BCUT2D eigenvalue weighted by atomic mass is 10.1. The maximum absolute atomic E-state index is 12.7. The highest BCUT2D eigenvalue weighted by molar-refractivity contribution is 6.39. The van der Waals surface area contributed by atoms with Crippen molar-refractivity contribution in [2.75, 3.05) is 12.8 Å². The van der Waals surface area contributed by atoms with Crippen molar-refractivity contribution in [2.24, 2.45) is 0 Å². The van der Waals surface area contributed by atoms with Gasteiger partial charge in [-0.3, -0.25) is 9.48 Å². The molecule has 0 aliphatic rings. The number of nitrogens with two attached hydrogens (primary N) is 1. The molecular formula is C14H15Cl2N3O2. The molecule has 0 atom stereocenters. The van der Waals surface area contributed by atoms with Crippen molar-refractivity contribution in [1.29, 1.82) is 0 Å². The Labute approximate surface area is 132 Å². The smallest absolute Gasteiger partial charge is 0.214 e. The lowest BCUT2D eigenvalue weighted by Gasteiger charge is -2.12. The van der Waals surface area contributed by atoms with Gasteiger partial charge in [0.15, 0.2) is 11.4 Å². The fourth-order valence-corrected chi connectivity index (χ4v) is 2.44. The van der Waals surface area contributed by atoms with Crippen LogP contribution >= 0.6 is 23.2 Å². The highest BCUT2D eigenvalue weighted by Gasteiger charge is 2.23. The molecule has 0 spiro atoms. The summed E-state index contributed by atoms with van der Waals surface area (Å²) in [6.45, 7) is 3.85. The van der Waals surface area contributed by atoms with Crippen molar-refractivity contribution >= 4 is 34.7 Å². The van der Waals surface area contributed by atoms with E-state index in [2.05, 4.69) is 5.10 Å². The van der Waals surface area contributed by atoms with Gasteiger partial charge in [-0.2, -0.15) is 5.10 Å². The minimum atomic E-state index is -0.276. The zero-order valence-electron chi connectivity index (χ0n) is 11.9. The van der Waals surface area contributed by atoms with Gasteiger partial charge in [-0.1, -0.05) is 23.2 Å². The van der Waals surface area contributed by atoms with E-state index in [1.807, 2.05) is 13.8 Å². The summed E-state index contributed by atoms with van der Waals surface area (Å²) in [5, 5.41) is 4.65. The second kappa shape index (κ2) is 5.95. The maximum atomic E-state index is 12.7. The number of ketones is 1. The number of aromatic nitrogens is 2. The summed E-state index contributed by atoms with van der Waals surface area (Å²) in [6, 6.07) is 2.98. The average Bonchev–Trinajstić information content (AvgIpc) is 2.87. The first-order valence-electron chi connectivity index (χ1n) is 6.27. The van der Waals surface area contributed by atoms with Crippen molar-refractivity contribution in [1.82, 2.24) is 9.78 Å². The second-order valence-corrected chi connectivity index (χ2v) is 5.60. The van der Waals surface area contributed by atoms with Gasteiger partial charge in [0.25, 0.3) is 0 Å². The summed E-state index contributed by atoms with van der Waals surface area (Å²) in [7, 11) is 1.49. The average molecular weight is 328 g/mol. The number of anilines is 1. The summed E-state index contributed by atoms with van der Waals surface area (Å²) in [5.41, 5.74) is 6.62. The topological polar surface area (TPSA) is 70.1 Å². The zero-order valence-corrected chi connectivity index (χ0v) is 13.4. The van der Waals surface area contributed by atoms with E-state index in [0.717, 1.165) is 0 Å². The fourth-order valence-electron chi connectivity index (χ4n) is 1.96. The van der Waals surface area contributed by atoms with E-state index in [1.165, 1.54) is 25.4 Å². The van der Waals surface area contributed by atoms with Crippen molar-refractivity contribution in [3.05, 3.63) is 39.6 Å². The van der Waals surface area contributed by atoms with E-state index < -0.39 is 0 Å². The molecule has 0 amide bonds. The summed E-state index contributed by atoms with van der Waals surface area (Å²) in [5.74, 6) is 0.125. The largest absolute Gasteiger partial charge is 0.493 e. The third kappa shape index (κ3) is 2.84. The predicted molar refractivity (Wildman–Crippen MR) is 83.5 cm³/mol. The number of methoxy groups -OCH3 is 1. The number of benzene rings is 1. The highest BCUT2D eigenvalue weighted by Crippen LogP contribution is 2.31. The molecule has 0 unspecified atom stereocenters. The van der Waals surface area contributed by atoms with Crippen LogP contribution in [0, 0.1) is 0 Å². The molecule has 0 fully saturated rings. The van der Waals surface area contributed by atoms with Crippen LogP contribution in [0.1, 0.15) is 35.9 Å². The Balaban J connectivity index is 2.57. The van der Waals surface area contributed by atoms with E-state index in [0.29, 0.717) is 17.0 Å². The van der Waals surface area contributed by atoms with Crippen LogP contribution in [-0.4, -0.2) is 22.7 Å². The quantitative estimate of drug-likeness (QED) is 0.688. The zero-order chi connectivity index (χ0) is 15.7. The van der Waals surface area contributed by atoms with E-state index in [9.17, 15) is 4.79 Å². The van der Waals surface area contributed by atoms with E-state index in [4.69, 9.17) is 33.7 Å². The Bertz CT molecular complexity index is 673. The fraction of sp³-hybridized carbons (Fsp3) is 0.286. The van der Waals surface area contributed by atoms with Gasteiger partial charge in [0.1, 0.15) is 0 Å². The number of carbonyl (C=O) groups excluding carboxylic acids is 1. The predicted octanol–water partition coefficient (Wildman–Crippen LogP) is 3.59. The molecule has 0 saturated carbocycles. The Morgan fingerprint density at radius 3 is 2.38 bits per heavy atom. The summed E-state index contributed by atoms with van der Waals surface area (Å²) < 4.78 is 6.80. The van der Waals surface area contributed by atoms with Crippen LogP contribution in [0.5, 0.6) is 5.75 Å². The number of nitrogens with zero attached hydrogens (tertiary/aromatic N) is 2. The number of carbonyl (C=O) groups is 1. The molecule has 2 rings (SSSR count). The van der Waals surface area contributed by atoms with Crippen LogP contribution in [-0.2, 0) is 0 Å².